The summed E-state index contributed by atoms with van der Waals surface area (Å²) in [4.78, 5) is 13.6. The fourth-order valence-electron chi connectivity index (χ4n) is 4.25. The van der Waals surface area contributed by atoms with E-state index in [1.165, 1.54) is 25.7 Å². The van der Waals surface area contributed by atoms with Crippen molar-refractivity contribution in [3.05, 3.63) is 0 Å². The molecule has 3 aliphatic carbocycles. The maximum atomic E-state index is 11.2. The molecule has 3 fully saturated rings. The lowest BCUT2D eigenvalue weighted by Gasteiger charge is -2.28. The predicted molar refractivity (Wildman–Crippen MR) is 78.6 cm³/mol. The van der Waals surface area contributed by atoms with E-state index in [2.05, 4.69) is 17.3 Å². The van der Waals surface area contributed by atoms with Gasteiger partial charge in [-0.15, -0.1) is 0 Å². The number of hydrogen-bond donors (Lipinski definition) is 2. The van der Waals surface area contributed by atoms with Crippen LogP contribution in [0.4, 0.5) is 0 Å². The van der Waals surface area contributed by atoms with E-state index in [0.717, 1.165) is 50.1 Å². The molecule has 0 spiro atoms. The van der Waals surface area contributed by atoms with E-state index in [0.29, 0.717) is 6.04 Å². The monoisotopic (exact) mass is 280 g/mol. The summed E-state index contributed by atoms with van der Waals surface area (Å²) in [6, 6.07) is 0.108. The lowest BCUT2D eigenvalue weighted by atomic mass is 9.88. The molecule has 0 aromatic rings. The number of nitrogens with zero attached hydrogens (tertiary/aromatic N) is 1. The molecule has 3 saturated carbocycles. The maximum absolute atomic E-state index is 11.2. The van der Waals surface area contributed by atoms with Crippen molar-refractivity contribution in [2.24, 2.45) is 17.8 Å². The van der Waals surface area contributed by atoms with E-state index < -0.39 is 5.97 Å². The molecular formula is C16H28N2O2. The number of carbonyl (C=O) groups is 1. The normalized spacial score (nSPS) is 33.8. The summed E-state index contributed by atoms with van der Waals surface area (Å²) in [5.41, 5.74) is 0. The Morgan fingerprint density at radius 1 is 1.30 bits per heavy atom. The van der Waals surface area contributed by atoms with Crippen molar-refractivity contribution < 1.29 is 9.90 Å². The lowest BCUT2D eigenvalue weighted by Crippen LogP contribution is -2.41. The third-order valence-corrected chi connectivity index (χ3v) is 5.54. The Kier molecular flexibility index (Phi) is 4.32. The van der Waals surface area contributed by atoms with Crippen molar-refractivity contribution in [3.8, 4) is 0 Å². The highest BCUT2D eigenvalue weighted by Crippen LogP contribution is 2.48. The second-order valence-corrected chi connectivity index (χ2v) is 7.32. The van der Waals surface area contributed by atoms with Gasteiger partial charge in [0, 0.05) is 12.6 Å². The van der Waals surface area contributed by atoms with Gasteiger partial charge in [0.25, 0.3) is 0 Å². The Morgan fingerprint density at radius 3 is 2.65 bits per heavy atom. The van der Waals surface area contributed by atoms with Crippen molar-refractivity contribution in [3.63, 3.8) is 0 Å². The van der Waals surface area contributed by atoms with Gasteiger partial charge in [-0.05, 0) is 69.9 Å². The molecule has 0 heterocycles. The van der Waals surface area contributed by atoms with Crippen LogP contribution in [0.3, 0.4) is 0 Å². The van der Waals surface area contributed by atoms with Crippen LogP contribution in [0.15, 0.2) is 0 Å². The van der Waals surface area contributed by atoms with Crippen LogP contribution >= 0.6 is 0 Å². The summed E-state index contributed by atoms with van der Waals surface area (Å²) >= 11 is 0. The van der Waals surface area contributed by atoms with Gasteiger partial charge in [-0.2, -0.15) is 0 Å². The van der Waals surface area contributed by atoms with Gasteiger partial charge in [0.1, 0.15) is 6.04 Å². The largest absolute Gasteiger partial charge is 0.480 e. The Balaban J connectivity index is 1.39. The highest BCUT2D eigenvalue weighted by atomic mass is 16.4. The summed E-state index contributed by atoms with van der Waals surface area (Å²) in [6.45, 7) is 2.06. The fourth-order valence-corrected chi connectivity index (χ4v) is 4.25. The van der Waals surface area contributed by atoms with Crippen LogP contribution in [0, 0.1) is 17.8 Å². The summed E-state index contributed by atoms with van der Waals surface area (Å²) in [5.74, 6) is 2.15. The molecule has 0 saturated heterocycles. The standard InChI is InChI=1S/C16H28N2O2/c1-18(10-13-9-11-2-3-12(13)8-11)7-6-15(16(19)20)17-14-4-5-14/h11-15,17H,2-10H2,1H3,(H,19,20). The van der Waals surface area contributed by atoms with Crippen LogP contribution in [-0.4, -0.2) is 48.2 Å². The molecular weight excluding hydrogens is 252 g/mol. The van der Waals surface area contributed by atoms with Gasteiger partial charge in [-0.3, -0.25) is 4.79 Å². The lowest BCUT2D eigenvalue weighted by molar-refractivity contribution is -0.139. The SMILES string of the molecule is CN(CCC(NC1CC1)C(=O)O)CC1CC2CCC1C2. The number of carboxylic acids is 1. The Morgan fingerprint density at radius 2 is 2.10 bits per heavy atom. The summed E-state index contributed by atoms with van der Waals surface area (Å²) < 4.78 is 0. The van der Waals surface area contributed by atoms with Crippen molar-refractivity contribution in [1.82, 2.24) is 10.2 Å². The molecule has 4 atom stereocenters. The highest BCUT2D eigenvalue weighted by molar-refractivity contribution is 5.73. The molecule has 0 radical (unpaired) electrons. The van der Waals surface area contributed by atoms with Crippen LogP contribution < -0.4 is 5.32 Å². The third kappa shape index (κ3) is 3.53. The van der Waals surface area contributed by atoms with Crippen LogP contribution in [-0.2, 0) is 4.79 Å². The summed E-state index contributed by atoms with van der Waals surface area (Å²) in [7, 11) is 2.15. The van der Waals surface area contributed by atoms with Gasteiger partial charge in [0.2, 0.25) is 0 Å². The number of carboxylic acid groups (broad SMARTS) is 1. The third-order valence-electron chi connectivity index (χ3n) is 5.54. The van der Waals surface area contributed by atoms with Crippen molar-refractivity contribution in [2.45, 2.75) is 57.0 Å². The predicted octanol–water partition coefficient (Wildman–Crippen LogP) is 1.95. The molecule has 20 heavy (non-hydrogen) atoms. The number of hydrogen-bond acceptors (Lipinski definition) is 3. The van der Waals surface area contributed by atoms with E-state index in [-0.39, 0.29) is 6.04 Å². The first-order valence-electron chi connectivity index (χ1n) is 8.29. The van der Waals surface area contributed by atoms with Crippen LogP contribution in [0.25, 0.3) is 0 Å². The van der Waals surface area contributed by atoms with E-state index in [1.54, 1.807) is 0 Å². The minimum absolute atomic E-state index is 0.357. The van der Waals surface area contributed by atoms with Gasteiger partial charge in [0.15, 0.2) is 0 Å². The summed E-state index contributed by atoms with van der Waals surface area (Å²) in [5, 5.41) is 12.5. The Labute approximate surface area is 121 Å². The molecule has 4 unspecified atom stereocenters. The van der Waals surface area contributed by atoms with Crippen LogP contribution in [0.1, 0.15) is 44.9 Å². The molecule has 3 rings (SSSR count). The minimum atomic E-state index is -0.690. The molecule has 0 amide bonds. The molecule has 4 heteroatoms. The molecule has 114 valence electrons. The number of rotatable bonds is 8. The Hall–Kier alpha value is -0.610. The number of fused-ring (bicyclic) bond motifs is 2. The quantitative estimate of drug-likeness (QED) is 0.713. The topological polar surface area (TPSA) is 52.6 Å². The molecule has 0 aromatic heterocycles. The van der Waals surface area contributed by atoms with Crippen molar-refractivity contribution >= 4 is 5.97 Å². The molecule has 0 aromatic carbocycles. The second-order valence-electron chi connectivity index (χ2n) is 7.32. The Bertz CT molecular complexity index is 356. The molecule has 4 nitrogen and oxygen atoms in total. The zero-order valence-corrected chi connectivity index (χ0v) is 12.6. The van der Waals surface area contributed by atoms with Gasteiger partial charge in [-0.1, -0.05) is 6.42 Å². The first-order valence-corrected chi connectivity index (χ1v) is 8.29. The van der Waals surface area contributed by atoms with Gasteiger partial charge in [-0.25, -0.2) is 0 Å². The minimum Gasteiger partial charge on any atom is -0.480 e. The van der Waals surface area contributed by atoms with Crippen LogP contribution in [0.5, 0.6) is 0 Å². The number of nitrogens with one attached hydrogen (secondary N) is 1. The molecule has 3 aliphatic rings. The van der Waals surface area contributed by atoms with Gasteiger partial charge in [0.05, 0.1) is 0 Å². The fraction of sp³-hybridized carbons (Fsp3) is 0.938. The van der Waals surface area contributed by atoms with E-state index >= 15 is 0 Å². The highest BCUT2D eigenvalue weighted by Gasteiger charge is 2.39. The smallest absolute Gasteiger partial charge is 0.320 e. The van der Waals surface area contributed by atoms with E-state index in [9.17, 15) is 9.90 Å². The molecule has 2 bridgehead atoms. The zero-order chi connectivity index (χ0) is 14.1. The van der Waals surface area contributed by atoms with Gasteiger partial charge < -0.3 is 15.3 Å². The van der Waals surface area contributed by atoms with Crippen molar-refractivity contribution in [1.29, 1.82) is 0 Å². The zero-order valence-electron chi connectivity index (χ0n) is 12.6. The average molecular weight is 280 g/mol. The molecule has 2 N–H and O–H groups in total. The second kappa shape index (κ2) is 6.02. The summed E-state index contributed by atoms with van der Waals surface area (Å²) in [6.07, 6.45) is 8.78. The number of aliphatic carboxylic acids is 1. The van der Waals surface area contributed by atoms with Crippen molar-refractivity contribution in [2.75, 3.05) is 20.1 Å². The molecule has 0 aliphatic heterocycles. The van der Waals surface area contributed by atoms with Gasteiger partial charge >= 0.3 is 5.97 Å². The van der Waals surface area contributed by atoms with E-state index in [4.69, 9.17) is 0 Å². The maximum Gasteiger partial charge on any atom is 0.320 e. The van der Waals surface area contributed by atoms with Crippen LogP contribution in [0.2, 0.25) is 0 Å². The van der Waals surface area contributed by atoms with E-state index in [1.807, 2.05) is 0 Å². The average Bonchev–Trinajstić information content (AvgIpc) is 2.98. The first-order chi connectivity index (χ1) is 9.61. The first kappa shape index (κ1) is 14.3.